The molecule has 1 heterocycles. The molecule has 3 aromatic rings. The van der Waals surface area contributed by atoms with Crippen LogP contribution in [0.1, 0.15) is 27.0 Å². The van der Waals surface area contributed by atoms with Crippen LogP contribution < -0.4 is 5.32 Å². The van der Waals surface area contributed by atoms with Gasteiger partial charge < -0.3 is 15.1 Å². The van der Waals surface area contributed by atoms with E-state index in [1.54, 1.807) is 0 Å². The molecule has 0 bridgehead atoms. The molecule has 1 N–H and O–H groups in total. The van der Waals surface area contributed by atoms with Crippen LogP contribution in [-0.2, 0) is 11.2 Å². The first kappa shape index (κ1) is 21.6. The van der Waals surface area contributed by atoms with Gasteiger partial charge in [0.05, 0.1) is 6.42 Å². The summed E-state index contributed by atoms with van der Waals surface area (Å²) in [6.45, 7) is 6.36. The van der Waals surface area contributed by atoms with E-state index >= 15 is 0 Å². The maximum absolute atomic E-state index is 12.9. The van der Waals surface area contributed by atoms with Crippen molar-refractivity contribution in [2.45, 2.75) is 20.3 Å². The maximum atomic E-state index is 12.9. The molecule has 0 atom stereocenters. The number of carbonyl (C=O) groups is 2. The van der Waals surface area contributed by atoms with Crippen LogP contribution in [0.4, 0.5) is 11.4 Å². The van der Waals surface area contributed by atoms with Gasteiger partial charge in [0.2, 0.25) is 5.91 Å². The summed E-state index contributed by atoms with van der Waals surface area (Å²) >= 11 is 0. The van der Waals surface area contributed by atoms with Crippen LogP contribution in [0.2, 0.25) is 0 Å². The van der Waals surface area contributed by atoms with Crippen molar-refractivity contribution in [3.05, 3.63) is 95.1 Å². The summed E-state index contributed by atoms with van der Waals surface area (Å²) in [7, 11) is 0. The van der Waals surface area contributed by atoms with Crippen molar-refractivity contribution in [3.8, 4) is 0 Å². The number of carbonyl (C=O) groups excluding carboxylic acids is 2. The molecule has 5 nitrogen and oxygen atoms in total. The molecule has 0 aromatic heterocycles. The van der Waals surface area contributed by atoms with Gasteiger partial charge in [0.25, 0.3) is 5.91 Å². The first-order valence-electron chi connectivity index (χ1n) is 11.1. The topological polar surface area (TPSA) is 52.7 Å². The van der Waals surface area contributed by atoms with Gasteiger partial charge in [0, 0.05) is 43.1 Å². The van der Waals surface area contributed by atoms with Crippen molar-refractivity contribution >= 4 is 23.2 Å². The molecular weight excluding hydrogens is 398 g/mol. The average Bonchev–Trinajstić information content (AvgIpc) is 2.82. The minimum Gasteiger partial charge on any atom is -0.356 e. The van der Waals surface area contributed by atoms with E-state index in [0.29, 0.717) is 38.2 Å². The first-order valence-corrected chi connectivity index (χ1v) is 11.1. The third-order valence-corrected chi connectivity index (χ3v) is 6.09. The van der Waals surface area contributed by atoms with E-state index in [9.17, 15) is 9.59 Å². The van der Waals surface area contributed by atoms with Gasteiger partial charge in [-0.1, -0.05) is 36.4 Å². The summed E-state index contributed by atoms with van der Waals surface area (Å²) in [5, 5.41) is 3.33. The number of rotatable bonds is 5. The quantitative estimate of drug-likeness (QED) is 0.649. The molecule has 1 aliphatic heterocycles. The summed E-state index contributed by atoms with van der Waals surface area (Å²) in [4.78, 5) is 29.5. The highest BCUT2D eigenvalue weighted by Gasteiger charge is 2.25. The van der Waals surface area contributed by atoms with Crippen molar-refractivity contribution in [3.63, 3.8) is 0 Å². The predicted octanol–water partition coefficient (Wildman–Crippen LogP) is 4.57. The number of anilines is 2. The summed E-state index contributed by atoms with van der Waals surface area (Å²) < 4.78 is 0. The third-order valence-electron chi connectivity index (χ3n) is 6.09. The fourth-order valence-electron chi connectivity index (χ4n) is 4.12. The fourth-order valence-corrected chi connectivity index (χ4v) is 4.12. The molecule has 32 heavy (non-hydrogen) atoms. The molecule has 0 aliphatic carbocycles. The molecule has 1 fully saturated rings. The van der Waals surface area contributed by atoms with Gasteiger partial charge in [-0.25, -0.2) is 0 Å². The summed E-state index contributed by atoms with van der Waals surface area (Å²) in [5.74, 6) is 0.143. The Morgan fingerprint density at radius 3 is 1.91 bits per heavy atom. The van der Waals surface area contributed by atoms with Gasteiger partial charge in [-0.05, 0) is 66.9 Å². The summed E-state index contributed by atoms with van der Waals surface area (Å²) in [5.41, 5.74) is 6.02. The normalized spacial score (nSPS) is 13.7. The molecule has 3 aromatic carbocycles. The summed E-state index contributed by atoms with van der Waals surface area (Å²) in [6, 6.07) is 23.6. The number of nitrogens with zero attached hydrogens (tertiary/aromatic N) is 2. The van der Waals surface area contributed by atoms with Crippen molar-refractivity contribution in [1.82, 2.24) is 9.80 Å². The summed E-state index contributed by atoms with van der Waals surface area (Å²) in [6.07, 6.45) is 0.419. The molecule has 0 saturated carbocycles. The van der Waals surface area contributed by atoms with E-state index < -0.39 is 0 Å². The number of amides is 2. The Bertz CT molecular complexity index is 1070. The Morgan fingerprint density at radius 1 is 0.719 bits per heavy atom. The molecule has 0 radical (unpaired) electrons. The second-order valence-electron chi connectivity index (χ2n) is 8.29. The van der Waals surface area contributed by atoms with Gasteiger partial charge in [-0.2, -0.15) is 0 Å². The lowest BCUT2D eigenvalue weighted by atomic mass is 9.99. The van der Waals surface area contributed by atoms with Crippen LogP contribution in [0, 0.1) is 13.8 Å². The SMILES string of the molecule is Cc1cccc(C)c1CC(=O)N1CCN(C(=O)c2ccc(Nc3ccccc3)cc2)CC1. The van der Waals surface area contributed by atoms with E-state index in [1.165, 1.54) is 0 Å². The van der Waals surface area contributed by atoms with Crippen LogP contribution in [0.5, 0.6) is 0 Å². The Labute approximate surface area is 189 Å². The minimum atomic E-state index is 0.0121. The largest absolute Gasteiger partial charge is 0.356 e. The van der Waals surface area contributed by atoms with Gasteiger partial charge in [0.15, 0.2) is 0 Å². The molecule has 1 aliphatic rings. The van der Waals surface area contributed by atoms with Crippen LogP contribution in [-0.4, -0.2) is 47.8 Å². The van der Waals surface area contributed by atoms with E-state index in [2.05, 4.69) is 5.32 Å². The maximum Gasteiger partial charge on any atom is 0.253 e. The van der Waals surface area contributed by atoms with Crippen molar-refractivity contribution in [1.29, 1.82) is 0 Å². The predicted molar refractivity (Wildman–Crippen MR) is 128 cm³/mol. The highest BCUT2D eigenvalue weighted by atomic mass is 16.2. The molecule has 5 heteroatoms. The van der Waals surface area contributed by atoms with Crippen molar-refractivity contribution < 1.29 is 9.59 Å². The van der Waals surface area contributed by atoms with E-state index in [1.807, 2.05) is 96.4 Å². The number of para-hydroxylation sites is 1. The number of nitrogens with one attached hydrogen (secondary N) is 1. The van der Waals surface area contributed by atoms with Gasteiger partial charge in [-0.3, -0.25) is 9.59 Å². The van der Waals surface area contributed by atoms with E-state index in [4.69, 9.17) is 0 Å². The molecule has 0 unspecified atom stereocenters. The Morgan fingerprint density at radius 2 is 1.28 bits per heavy atom. The lowest BCUT2D eigenvalue weighted by molar-refractivity contribution is -0.131. The number of benzene rings is 3. The highest BCUT2D eigenvalue weighted by molar-refractivity contribution is 5.95. The molecular formula is C27H29N3O2. The van der Waals surface area contributed by atoms with Crippen molar-refractivity contribution in [2.24, 2.45) is 0 Å². The van der Waals surface area contributed by atoms with Crippen LogP contribution in [0.25, 0.3) is 0 Å². The standard InChI is InChI=1S/C27H29N3O2/c1-20-7-6-8-21(2)25(20)19-26(31)29-15-17-30(18-16-29)27(32)22-11-13-24(14-12-22)28-23-9-4-3-5-10-23/h3-14,28H,15-19H2,1-2H3. The van der Waals surface area contributed by atoms with Gasteiger partial charge >= 0.3 is 0 Å². The molecule has 2 amide bonds. The Kier molecular flexibility index (Phi) is 6.55. The number of piperazine rings is 1. The van der Waals surface area contributed by atoms with E-state index in [0.717, 1.165) is 28.1 Å². The zero-order valence-electron chi connectivity index (χ0n) is 18.7. The zero-order chi connectivity index (χ0) is 22.5. The third kappa shape index (κ3) is 4.99. The lowest BCUT2D eigenvalue weighted by Gasteiger charge is -2.35. The molecule has 4 rings (SSSR count). The lowest BCUT2D eigenvalue weighted by Crippen LogP contribution is -2.51. The molecule has 1 saturated heterocycles. The number of hydrogen-bond donors (Lipinski definition) is 1. The van der Waals surface area contributed by atoms with Crippen molar-refractivity contribution in [2.75, 3.05) is 31.5 Å². The molecule has 164 valence electrons. The smallest absolute Gasteiger partial charge is 0.253 e. The van der Waals surface area contributed by atoms with Gasteiger partial charge in [-0.15, -0.1) is 0 Å². The minimum absolute atomic E-state index is 0.0121. The second kappa shape index (κ2) is 9.69. The fraction of sp³-hybridized carbons (Fsp3) is 0.259. The average molecular weight is 428 g/mol. The van der Waals surface area contributed by atoms with Crippen LogP contribution in [0.15, 0.2) is 72.8 Å². The zero-order valence-corrected chi connectivity index (χ0v) is 18.7. The Hall–Kier alpha value is -3.60. The van der Waals surface area contributed by atoms with Gasteiger partial charge in [0.1, 0.15) is 0 Å². The monoisotopic (exact) mass is 427 g/mol. The first-order chi connectivity index (χ1) is 15.5. The molecule has 0 spiro atoms. The van der Waals surface area contributed by atoms with Crippen LogP contribution >= 0.6 is 0 Å². The van der Waals surface area contributed by atoms with Crippen LogP contribution in [0.3, 0.4) is 0 Å². The second-order valence-corrected chi connectivity index (χ2v) is 8.29. The highest BCUT2D eigenvalue weighted by Crippen LogP contribution is 2.19. The number of hydrogen-bond acceptors (Lipinski definition) is 3. The van der Waals surface area contributed by atoms with E-state index in [-0.39, 0.29) is 11.8 Å². The Balaban J connectivity index is 1.32. The number of aryl methyl sites for hydroxylation is 2.